The van der Waals surface area contributed by atoms with Gasteiger partial charge in [0, 0.05) is 18.1 Å². The van der Waals surface area contributed by atoms with Gasteiger partial charge in [0.2, 0.25) is 0 Å². The van der Waals surface area contributed by atoms with E-state index in [1.54, 1.807) is 30.9 Å². The van der Waals surface area contributed by atoms with Crippen molar-refractivity contribution in [1.29, 1.82) is 0 Å². The van der Waals surface area contributed by atoms with E-state index in [0.29, 0.717) is 11.5 Å². The zero-order chi connectivity index (χ0) is 16.3. The molecule has 0 amide bonds. The summed E-state index contributed by atoms with van der Waals surface area (Å²) in [7, 11) is 3.13. The molecule has 0 aliphatic rings. The summed E-state index contributed by atoms with van der Waals surface area (Å²) in [6.07, 6.45) is 1.82. The van der Waals surface area contributed by atoms with Gasteiger partial charge in [-0.2, -0.15) is 0 Å². The maximum atomic E-state index is 11.2. The summed E-state index contributed by atoms with van der Waals surface area (Å²) in [4.78, 5) is 15.9. The molecule has 0 bridgehead atoms. The molecule has 0 spiro atoms. The second kappa shape index (κ2) is 6.68. The van der Waals surface area contributed by atoms with Crippen molar-refractivity contribution in [2.24, 2.45) is 0 Å². The molecule has 0 aliphatic heterocycles. The van der Waals surface area contributed by atoms with Crippen LogP contribution in [0.25, 0.3) is 11.0 Å². The largest absolute Gasteiger partial charge is 0.493 e. The molecule has 0 saturated heterocycles. The van der Waals surface area contributed by atoms with E-state index in [1.807, 2.05) is 0 Å². The fraction of sp³-hybridized carbons (Fsp3) is 0.500. The lowest BCUT2D eigenvalue weighted by molar-refractivity contribution is -0.137. The van der Waals surface area contributed by atoms with Gasteiger partial charge in [-0.05, 0) is 12.8 Å². The second-order valence-electron chi connectivity index (χ2n) is 5.16. The molecule has 1 N–H and O–H groups in total. The standard InChI is InChI=1S/C16H22N2O4/c1-5-10(6-2)16-17-11-7-13(21-3)14(22-4)8-12(11)18(16)9-15(19)20/h7-8,10H,5-6,9H2,1-4H3,(H,19,20). The Kier molecular flexibility index (Phi) is 4.90. The van der Waals surface area contributed by atoms with Crippen LogP contribution < -0.4 is 9.47 Å². The lowest BCUT2D eigenvalue weighted by atomic mass is 10.0. The number of carboxylic acids is 1. The second-order valence-corrected chi connectivity index (χ2v) is 5.16. The van der Waals surface area contributed by atoms with Gasteiger partial charge in [0.25, 0.3) is 0 Å². The first-order chi connectivity index (χ1) is 10.5. The Balaban J connectivity index is 2.70. The van der Waals surface area contributed by atoms with Crippen molar-refractivity contribution in [3.8, 4) is 11.5 Å². The number of carbonyl (C=O) groups is 1. The Hall–Kier alpha value is -2.24. The summed E-state index contributed by atoms with van der Waals surface area (Å²) in [5, 5.41) is 9.22. The van der Waals surface area contributed by atoms with E-state index in [-0.39, 0.29) is 12.5 Å². The molecule has 0 saturated carbocycles. The molecule has 0 fully saturated rings. The highest BCUT2D eigenvalue weighted by atomic mass is 16.5. The quantitative estimate of drug-likeness (QED) is 0.851. The number of hydrogen-bond acceptors (Lipinski definition) is 4. The molecule has 120 valence electrons. The summed E-state index contributed by atoms with van der Waals surface area (Å²) in [6, 6.07) is 3.58. The zero-order valence-corrected chi connectivity index (χ0v) is 13.4. The number of aromatic nitrogens is 2. The number of ether oxygens (including phenoxy) is 2. The van der Waals surface area contributed by atoms with Gasteiger partial charge in [-0.1, -0.05) is 13.8 Å². The molecule has 6 nitrogen and oxygen atoms in total. The Morgan fingerprint density at radius 2 is 1.82 bits per heavy atom. The van der Waals surface area contributed by atoms with Crippen molar-refractivity contribution in [1.82, 2.24) is 9.55 Å². The number of fused-ring (bicyclic) bond motifs is 1. The number of benzene rings is 1. The number of rotatable bonds is 7. The summed E-state index contributed by atoms with van der Waals surface area (Å²) in [5.41, 5.74) is 1.47. The minimum atomic E-state index is -0.888. The van der Waals surface area contributed by atoms with Gasteiger partial charge in [-0.15, -0.1) is 0 Å². The van der Waals surface area contributed by atoms with E-state index in [2.05, 4.69) is 18.8 Å². The highest BCUT2D eigenvalue weighted by Gasteiger charge is 2.21. The first-order valence-corrected chi connectivity index (χ1v) is 7.39. The number of methoxy groups -OCH3 is 2. The van der Waals surface area contributed by atoms with Crippen LogP contribution in [0.5, 0.6) is 11.5 Å². The topological polar surface area (TPSA) is 73.6 Å². The first kappa shape index (κ1) is 16.1. The third kappa shape index (κ3) is 2.86. The maximum Gasteiger partial charge on any atom is 0.323 e. The van der Waals surface area contributed by atoms with Gasteiger partial charge in [0.05, 0.1) is 25.3 Å². The lowest BCUT2D eigenvalue weighted by Crippen LogP contribution is -2.14. The van der Waals surface area contributed by atoms with Crippen molar-refractivity contribution in [3.63, 3.8) is 0 Å². The van der Waals surface area contributed by atoms with Gasteiger partial charge in [-0.3, -0.25) is 4.79 Å². The van der Waals surface area contributed by atoms with Crippen LogP contribution in [0.2, 0.25) is 0 Å². The van der Waals surface area contributed by atoms with E-state index in [1.165, 1.54) is 0 Å². The number of nitrogens with zero attached hydrogens (tertiary/aromatic N) is 2. The smallest absolute Gasteiger partial charge is 0.323 e. The van der Waals surface area contributed by atoms with Crippen LogP contribution in [0.15, 0.2) is 12.1 Å². The van der Waals surface area contributed by atoms with E-state index in [4.69, 9.17) is 9.47 Å². The lowest BCUT2D eigenvalue weighted by Gasteiger charge is -2.14. The third-order valence-electron chi connectivity index (χ3n) is 3.93. The van der Waals surface area contributed by atoms with Gasteiger partial charge in [0.1, 0.15) is 12.4 Å². The molecular weight excluding hydrogens is 284 g/mol. The van der Waals surface area contributed by atoms with Crippen LogP contribution in [-0.2, 0) is 11.3 Å². The minimum absolute atomic E-state index is 0.113. The number of carboxylic acid groups (broad SMARTS) is 1. The van der Waals surface area contributed by atoms with Gasteiger partial charge >= 0.3 is 5.97 Å². The predicted octanol–water partition coefficient (Wildman–Crippen LogP) is 3.04. The molecule has 22 heavy (non-hydrogen) atoms. The van der Waals surface area contributed by atoms with E-state index in [0.717, 1.165) is 29.7 Å². The Bertz CT molecular complexity index is 674. The molecule has 2 aromatic rings. The molecule has 6 heteroatoms. The first-order valence-electron chi connectivity index (χ1n) is 7.39. The molecule has 2 rings (SSSR count). The Labute approximate surface area is 129 Å². The predicted molar refractivity (Wildman–Crippen MR) is 83.8 cm³/mol. The molecule has 1 heterocycles. The summed E-state index contributed by atoms with van der Waals surface area (Å²) in [6.45, 7) is 4.05. The fourth-order valence-electron chi connectivity index (χ4n) is 2.74. The van der Waals surface area contributed by atoms with Crippen LogP contribution in [0.1, 0.15) is 38.4 Å². The van der Waals surface area contributed by atoms with E-state index < -0.39 is 5.97 Å². The van der Waals surface area contributed by atoms with Crippen molar-refractivity contribution >= 4 is 17.0 Å². The summed E-state index contributed by atoms with van der Waals surface area (Å²) in [5.74, 6) is 1.30. The highest BCUT2D eigenvalue weighted by Crippen LogP contribution is 2.34. The summed E-state index contributed by atoms with van der Waals surface area (Å²) >= 11 is 0. The Morgan fingerprint density at radius 3 is 2.32 bits per heavy atom. The average Bonchev–Trinajstić information content (AvgIpc) is 2.84. The molecule has 0 atom stereocenters. The van der Waals surface area contributed by atoms with E-state index >= 15 is 0 Å². The van der Waals surface area contributed by atoms with Crippen molar-refractivity contribution in [2.45, 2.75) is 39.2 Å². The molecular formula is C16H22N2O4. The SMILES string of the molecule is CCC(CC)c1nc2cc(OC)c(OC)cc2n1CC(=O)O. The van der Waals surface area contributed by atoms with Crippen molar-refractivity contribution < 1.29 is 19.4 Å². The normalized spacial score (nSPS) is 11.1. The van der Waals surface area contributed by atoms with E-state index in [9.17, 15) is 9.90 Å². The van der Waals surface area contributed by atoms with Gasteiger partial charge < -0.3 is 19.1 Å². The number of aliphatic carboxylic acids is 1. The number of hydrogen-bond donors (Lipinski definition) is 1. The number of imidazole rings is 1. The van der Waals surface area contributed by atoms with Crippen LogP contribution in [0, 0.1) is 0 Å². The molecule has 0 radical (unpaired) electrons. The highest BCUT2D eigenvalue weighted by molar-refractivity contribution is 5.82. The molecule has 0 unspecified atom stereocenters. The van der Waals surface area contributed by atoms with Crippen molar-refractivity contribution in [3.05, 3.63) is 18.0 Å². The monoisotopic (exact) mass is 306 g/mol. The van der Waals surface area contributed by atoms with Crippen molar-refractivity contribution in [2.75, 3.05) is 14.2 Å². The maximum absolute atomic E-state index is 11.2. The van der Waals surface area contributed by atoms with Gasteiger partial charge in [-0.25, -0.2) is 4.98 Å². The van der Waals surface area contributed by atoms with Crippen LogP contribution in [0.4, 0.5) is 0 Å². The summed E-state index contributed by atoms with van der Waals surface area (Å²) < 4.78 is 12.4. The van der Waals surface area contributed by atoms with Crippen LogP contribution >= 0.6 is 0 Å². The molecule has 1 aromatic carbocycles. The minimum Gasteiger partial charge on any atom is -0.493 e. The fourth-order valence-corrected chi connectivity index (χ4v) is 2.74. The van der Waals surface area contributed by atoms with Gasteiger partial charge in [0.15, 0.2) is 11.5 Å². The average molecular weight is 306 g/mol. The van der Waals surface area contributed by atoms with Crippen LogP contribution in [-0.4, -0.2) is 34.8 Å². The molecule has 1 aromatic heterocycles. The Morgan fingerprint density at radius 1 is 1.23 bits per heavy atom. The third-order valence-corrected chi connectivity index (χ3v) is 3.93. The zero-order valence-electron chi connectivity index (χ0n) is 13.4. The van der Waals surface area contributed by atoms with Crippen LogP contribution in [0.3, 0.4) is 0 Å². The molecule has 0 aliphatic carbocycles.